The van der Waals surface area contributed by atoms with Gasteiger partial charge in [-0.15, -0.1) is 0 Å². The number of ether oxygens (including phenoxy) is 2. The number of benzene rings is 1. The van der Waals surface area contributed by atoms with Crippen molar-refractivity contribution < 1.29 is 46.3 Å². The molecule has 0 spiro atoms. The molecule has 40 heavy (non-hydrogen) atoms. The van der Waals surface area contributed by atoms with Crippen molar-refractivity contribution in [1.82, 2.24) is 24.6 Å². The first kappa shape index (κ1) is 30.2. The van der Waals surface area contributed by atoms with Gasteiger partial charge >= 0.3 is 13.8 Å². The molecule has 6 atom stereocenters. The Bertz CT molecular complexity index is 1440. The van der Waals surface area contributed by atoms with Crippen LogP contribution in [0.2, 0.25) is 0 Å². The van der Waals surface area contributed by atoms with Crippen LogP contribution in [0, 0.1) is 6.92 Å². The zero-order chi connectivity index (χ0) is 29.1. The minimum atomic E-state index is -4.52. The van der Waals surface area contributed by atoms with Gasteiger partial charge in [0.05, 0.1) is 12.9 Å². The molecular weight excluding hydrogens is 573 g/mol. The molecule has 3 heterocycles. The Labute approximate surface area is 228 Å². The van der Waals surface area contributed by atoms with E-state index in [4.69, 9.17) is 28.6 Å². The number of aromatic nitrogens is 4. The Balaban J connectivity index is 1.33. The molecule has 0 amide bonds. The number of fused-ring (bicyclic) bond motifs is 1. The third-order valence-electron chi connectivity index (χ3n) is 5.76. The number of hydrogen-bond acceptors (Lipinski definition) is 13. The van der Waals surface area contributed by atoms with Crippen LogP contribution < -0.4 is 10.8 Å². The number of nitrogens with one attached hydrogen (secondary N) is 1. The first-order valence-corrected chi connectivity index (χ1v) is 15.4. The summed E-state index contributed by atoms with van der Waals surface area (Å²) >= 11 is 0. The molecule has 3 aromatic rings. The monoisotopic (exact) mass is 602 g/mol. The number of rotatable bonds is 12. The average Bonchev–Trinajstić information content (AvgIpc) is 3.46. The van der Waals surface area contributed by atoms with Crippen molar-refractivity contribution in [2.45, 2.75) is 38.1 Å². The number of phosphoric acid groups is 1. The number of anilines is 1. The minimum Gasteiger partial charge on any atom is -0.460 e. The van der Waals surface area contributed by atoms with E-state index in [1.807, 2.05) is 6.07 Å². The zero-order valence-electron chi connectivity index (χ0n) is 21.7. The molecule has 3 unspecified atom stereocenters. The highest BCUT2D eigenvalue weighted by atomic mass is 31.3. The summed E-state index contributed by atoms with van der Waals surface area (Å²) in [5.74, 6) is -0.324. The van der Waals surface area contributed by atoms with Gasteiger partial charge in [0.25, 0.3) is 7.52 Å². The molecule has 1 aliphatic heterocycles. The maximum atomic E-state index is 15.1. The number of carbonyl (C=O) groups excluding carboxylic acids is 1. The van der Waals surface area contributed by atoms with Gasteiger partial charge in [0.2, 0.25) is 0 Å². The van der Waals surface area contributed by atoms with E-state index in [1.54, 1.807) is 31.2 Å². The Morgan fingerprint density at radius 3 is 2.70 bits per heavy atom. The summed E-state index contributed by atoms with van der Waals surface area (Å²) in [5, 5.41) is 12.8. The van der Waals surface area contributed by atoms with Gasteiger partial charge in [-0.1, -0.05) is 30.3 Å². The number of carbonyl (C=O) groups is 1. The second-order valence-corrected chi connectivity index (χ2v) is 13.0. The van der Waals surface area contributed by atoms with E-state index >= 15 is 4.39 Å². The van der Waals surface area contributed by atoms with Crippen LogP contribution in [-0.2, 0) is 43.4 Å². The molecule has 15 nitrogen and oxygen atoms in total. The summed E-state index contributed by atoms with van der Waals surface area (Å²) in [6.45, 7) is 1.47. The number of alkyl halides is 1. The summed E-state index contributed by atoms with van der Waals surface area (Å²) in [7, 11) is -7.48. The van der Waals surface area contributed by atoms with Crippen LogP contribution in [0.25, 0.3) is 11.2 Å². The van der Waals surface area contributed by atoms with Gasteiger partial charge < -0.3 is 20.3 Å². The average molecular weight is 602 g/mol. The van der Waals surface area contributed by atoms with Gasteiger partial charge in [0, 0.05) is 13.8 Å². The minimum absolute atomic E-state index is 0.00495. The first-order valence-electron chi connectivity index (χ1n) is 11.9. The fourth-order valence-electron chi connectivity index (χ4n) is 3.79. The predicted octanol–water partition coefficient (Wildman–Crippen LogP) is 2.26. The molecule has 4 N–H and O–H groups in total. The number of esters is 1. The molecule has 0 aliphatic carbocycles. The Morgan fingerprint density at radius 1 is 1.27 bits per heavy atom. The number of aliphatic hydroxyl groups is 1. The molecule has 0 saturated carbocycles. The lowest BCUT2D eigenvalue weighted by atomic mass is 10.1. The van der Waals surface area contributed by atoms with Crippen molar-refractivity contribution in [2.24, 2.45) is 0 Å². The van der Waals surface area contributed by atoms with Gasteiger partial charge in [-0.3, -0.25) is 23.0 Å². The molecule has 2 aromatic heterocycles. The maximum Gasteiger partial charge on any atom is 0.481 e. The molecule has 1 aliphatic rings. The quantitative estimate of drug-likeness (QED) is 0.201. The lowest BCUT2D eigenvalue weighted by Gasteiger charge is -2.22. The highest BCUT2D eigenvalue weighted by molar-refractivity contribution is 7.66. The summed E-state index contributed by atoms with van der Waals surface area (Å²) < 4.78 is 67.9. The second-order valence-electron chi connectivity index (χ2n) is 8.81. The summed E-state index contributed by atoms with van der Waals surface area (Å²) in [5.41, 5.74) is 7.03. The lowest BCUT2D eigenvalue weighted by molar-refractivity contribution is -0.143. The van der Waals surface area contributed by atoms with Crippen molar-refractivity contribution >= 4 is 38.3 Å². The third-order valence-corrected chi connectivity index (χ3v) is 9.45. The van der Waals surface area contributed by atoms with Crippen LogP contribution in [0.5, 0.6) is 0 Å². The van der Waals surface area contributed by atoms with Gasteiger partial charge in [-0.25, -0.2) is 33.3 Å². The number of nitrogens with two attached hydrogens (primary N) is 1. The number of nitrogens with zero attached hydrogens (tertiary/aromatic N) is 4. The topological polar surface area (TPSA) is 199 Å². The fraction of sp³-hybridized carbons (Fsp3) is 0.455. The summed E-state index contributed by atoms with van der Waals surface area (Å²) in [4.78, 5) is 24.3. The van der Waals surface area contributed by atoms with Crippen LogP contribution in [0.15, 0.2) is 36.7 Å². The molecule has 1 fully saturated rings. The van der Waals surface area contributed by atoms with E-state index in [9.17, 15) is 19.0 Å². The summed E-state index contributed by atoms with van der Waals surface area (Å²) in [6.07, 6.45) is -5.12. The number of imidazole rings is 1. The van der Waals surface area contributed by atoms with Crippen molar-refractivity contribution in [1.29, 1.82) is 0 Å². The molecular formula is C22H29FN6O9P2. The predicted molar refractivity (Wildman–Crippen MR) is 139 cm³/mol. The van der Waals surface area contributed by atoms with Gasteiger partial charge in [0.1, 0.15) is 36.7 Å². The van der Waals surface area contributed by atoms with E-state index in [1.165, 1.54) is 10.9 Å². The summed E-state index contributed by atoms with van der Waals surface area (Å²) in [6, 6.07) is 8.92. The van der Waals surface area contributed by atoms with Crippen LogP contribution in [-0.4, -0.2) is 75.9 Å². The highest BCUT2D eigenvalue weighted by Crippen LogP contribution is 2.61. The largest absolute Gasteiger partial charge is 0.481 e. The molecule has 4 rings (SSSR count). The van der Waals surface area contributed by atoms with Crippen LogP contribution >= 0.6 is 15.3 Å². The number of aryl methyl sites for hydroxylation is 1. The SMILES string of the molecule is COP(=O)(OC[C@H]1O[C@@H](n2cnc3c(N)nc(C)nc32)[C@H](F)C1O)OP(C)(=O)NCC(=O)OCc1ccccc1. The molecule has 1 aromatic carbocycles. The highest BCUT2D eigenvalue weighted by Gasteiger charge is 2.47. The van der Waals surface area contributed by atoms with E-state index in [2.05, 4.69) is 20.0 Å². The van der Waals surface area contributed by atoms with E-state index in [-0.39, 0.29) is 23.6 Å². The number of hydrogen-bond donors (Lipinski definition) is 3. The molecule has 1 saturated heterocycles. The van der Waals surface area contributed by atoms with E-state index in [0.29, 0.717) is 5.82 Å². The standard InChI is InChI=1S/C22H29FN6O9P2/c1-13-27-20(24)18-21(28-13)29(12-25-18)22-17(23)19(31)15(37-22)11-36-40(33,34-2)38-39(3,32)26-9-16(30)35-10-14-7-5-4-6-8-14/h4-8,12,15,17,19,22,31H,9-11H2,1-3H3,(H,26,32)(H2,24,27,28)/t15-,17-,19?,22-,39?,40?/m1/s1. The van der Waals surface area contributed by atoms with E-state index < -0.39 is 59.1 Å². The van der Waals surface area contributed by atoms with Crippen molar-refractivity contribution in [3.63, 3.8) is 0 Å². The Kier molecular flexibility index (Phi) is 9.33. The van der Waals surface area contributed by atoms with E-state index in [0.717, 1.165) is 19.3 Å². The van der Waals surface area contributed by atoms with Crippen molar-refractivity contribution in [3.8, 4) is 0 Å². The molecule has 0 bridgehead atoms. The molecule has 0 radical (unpaired) electrons. The number of nitrogen functional groups attached to an aromatic ring is 1. The first-order chi connectivity index (χ1) is 18.9. The van der Waals surface area contributed by atoms with Gasteiger partial charge in [0.15, 0.2) is 23.9 Å². The van der Waals surface area contributed by atoms with Gasteiger partial charge in [-0.05, 0) is 12.5 Å². The molecule has 218 valence electrons. The van der Waals surface area contributed by atoms with Crippen LogP contribution in [0.4, 0.5) is 10.2 Å². The van der Waals surface area contributed by atoms with Crippen molar-refractivity contribution in [2.75, 3.05) is 32.7 Å². The zero-order valence-corrected chi connectivity index (χ0v) is 23.5. The fourth-order valence-corrected chi connectivity index (χ4v) is 6.86. The maximum absolute atomic E-state index is 15.1. The third kappa shape index (κ3) is 7.09. The van der Waals surface area contributed by atoms with Crippen LogP contribution in [0.1, 0.15) is 17.6 Å². The normalized spacial score (nSPS) is 24.0. The Hall–Kier alpha value is -2.81. The van der Waals surface area contributed by atoms with Crippen LogP contribution in [0.3, 0.4) is 0 Å². The smallest absolute Gasteiger partial charge is 0.460 e. The Morgan fingerprint density at radius 2 is 2.00 bits per heavy atom. The number of halogens is 1. The van der Waals surface area contributed by atoms with Gasteiger partial charge in [-0.2, -0.15) is 0 Å². The molecule has 18 heteroatoms. The van der Waals surface area contributed by atoms with Crippen molar-refractivity contribution in [3.05, 3.63) is 48.0 Å². The number of aliphatic hydroxyl groups excluding tert-OH is 1. The number of phosphoric ester groups is 1. The second kappa shape index (κ2) is 12.4. The lowest BCUT2D eigenvalue weighted by Crippen LogP contribution is -2.31.